The number of ether oxygens (including phenoxy) is 1. The van der Waals surface area contributed by atoms with Crippen molar-refractivity contribution in [3.63, 3.8) is 0 Å². The smallest absolute Gasteiger partial charge is 0.265 e. The lowest BCUT2D eigenvalue weighted by Crippen LogP contribution is -2.30. The molecule has 0 aromatic heterocycles. The summed E-state index contributed by atoms with van der Waals surface area (Å²) in [6, 6.07) is 22.7. The van der Waals surface area contributed by atoms with Gasteiger partial charge in [0.1, 0.15) is 5.75 Å². The van der Waals surface area contributed by atoms with Crippen LogP contribution in [-0.2, 0) is 4.79 Å². The first-order valence-electron chi connectivity index (χ1n) is 8.71. The van der Waals surface area contributed by atoms with Crippen LogP contribution in [-0.4, -0.2) is 17.9 Å². The number of carbonyl (C=O) groups is 2. The maximum absolute atomic E-state index is 12.3. The molecule has 0 aliphatic carbocycles. The Bertz CT molecular complexity index is 959. The van der Waals surface area contributed by atoms with Gasteiger partial charge >= 0.3 is 0 Å². The molecule has 6 heteroatoms. The third kappa shape index (κ3) is 5.11. The summed E-state index contributed by atoms with van der Waals surface area (Å²) < 4.78 is 5.60. The van der Waals surface area contributed by atoms with Gasteiger partial charge in [-0.25, -0.2) is 0 Å². The maximum atomic E-state index is 12.3. The number of anilines is 2. The van der Waals surface area contributed by atoms with E-state index < -0.39 is 6.10 Å². The molecule has 0 saturated carbocycles. The van der Waals surface area contributed by atoms with Crippen LogP contribution in [0.1, 0.15) is 17.3 Å². The SMILES string of the molecule is CC(Oc1ccccc1)C(=O)Nc1ccc(C(=O)Nc2ccccc2Cl)cc1. The molecule has 28 heavy (non-hydrogen) atoms. The van der Waals surface area contributed by atoms with E-state index in [2.05, 4.69) is 10.6 Å². The quantitative estimate of drug-likeness (QED) is 0.618. The highest BCUT2D eigenvalue weighted by Gasteiger charge is 2.15. The Morgan fingerprint density at radius 2 is 1.50 bits per heavy atom. The highest BCUT2D eigenvalue weighted by molar-refractivity contribution is 6.33. The van der Waals surface area contributed by atoms with Crippen LogP contribution in [0.25, 0.3) is 0 Å². The Morgan fingerprint density at radius 1 is 0.857 bits per heavy atom. The van der Waals surface area contributed by atoms with Crippen molar-refractivity contribution in [1.82, 2.24) is 0 Å². The summed E-state index contributed by atoms with van der Waals surface area (Å²) in [5.74, 6) is 0.0561. The number of carbonyl (C=O) groups excluding carboxylic acids is 2. The van der Waals surface area contributed by atoms with Gasteiger partial charge in [0.2, 0.25) is 0 Å². The van der Waals surface area contributed by atoms with Crippen molar-refractivity contribution in [3.8, 4) is 5.75 Å². The normalized spacial score (nSPS) is 11.4. The number of rotatable bonds is 6. The molecule has 1 atom stereocenters. The van der Waals surface area contributed by atoms with Gasteiger partial charge in [-0.1, -0.05) is 41.9 Å². The molecule has 142 valence electrons. The van der Waals surface area contributed by atoms with Crippen LogP contribution in [0.4, 0.5) is 11.4 Å². The Kier molecular flexibility index (Phi) is 6.29. The minimum atomic E-state index is -0.661. The van der Waals surface area contributed by atoms with E-state index in [1.165, 1.54) is 0 Å². The Hall–Kier alpha value is -3.31. The first-order valence-corrected chi connectivity index (χ1v) is 9.09. The fourth-order valence-electron chi connectivity index (χ4n) is 2.46. The predicted octanol–water partition coefficient (Wildman–Crippen LogP) is 5.00. The number of para-hydroxylation sites is 2. The average Bonchev–Trinajstić information content (AvgIpc) is 2.71. The van der Waals surface area contributed by atoms with Crippen LogP contribution >= 0.6 is 11.6 Å². The minimum absolute atomic E-state index is 0.280. The summed E-state index contributed by atoms with van der Waals surface area (Å²) in [5, 5.41) is 5.99. The highest BCUT2D eigenvalue weighted by Crippen LogP contribution is 2.21. The van der Waals surface area contributed by atoms with Crippen molar-refractivity contribution < 1.29 is 14.3 Å². The van der Waals surface area contributed by atoms with Gasteiger partial charge in [-0.2, -0.15) is 0 Å². The van der Waals surface area contributed by atoms with Crippen molar-refractivity contribution in [2.45, 2.75) is 13.0 Å². The Labute approximate surface area is 168 Å². The van der Waals surface area contributed by atoms with Gasteiger partial charge in [-0.05, 0) is 55.5 Å². The lowest BCUT2D eigenvalue weighted by atomic mass is 10.2. The van der Waals surface area contributed by atoms with Gasteiger partial charge < -0.3 is 15.4 Å². The van der Waals surface area contributed by atoms with Crippen LogP contribution in [0.15, 0.2) is 78.9 Å². The lowest BCUT2D eigenvalue weighted by molar-refractivity contribution is -0.122. The lowest BCUT2D eigenvalue weighted by Gasteiger charge is -2.15. The fourth-order valence-corrected chi connectivity index (χ4v) is 2.65. The zero-order valence-corrected chi connectivity index (χ0v) is 15.9. The van der Waals surface area contributed by atoms with Gasteiger partial charge in [0, 0.05) is 11.3 Å². The number of amides is 2. The molecule has 1 unspecified atom stereocenters. The third-order valence-corrected chi connectivity index (χ3v) is 4.29. The number of nitrogens with one attached hydrogen (secondary N) is 2. The van der Waals surface area contributed by atoms with E-state index in [0.717, 1.165) is 0 Å². The average molecular weight is 395 g/mol. The second-order valence-corrected chi connectivity index (χ2v) is 6.48. The van der Waals surface area contributed by atoms with Gasteiger partial charge in [0.15, 0.2) is 6.10 Å². The standard InChI is InChI=1S/C22H19ClN2O3/c1-15(28-18-7-3-2-4-8-18)21(26)24-17-13-11-16(12-14-17)22(27)25-20-10-6-5-9-19(20)23/h2-15H,1H3,(H,24,26)(H,25,27). The number of halogens is 1. The monoisotopic (exact) mass is 394 g/mol. The largest absolute Gasteiger partial charge is 0.481 e. The third-order valence-electron chi connectivity index (χ3n) is 3.96. The first kappa shape index (κ1) is 19.5. The minimum Gasteiger partial charge on any atom is -0.481 e. The molecule has 3 aromatic carbocycles. The summed E-state index contributed by atoms with van der Waals surface area (Å²) in [6.07, 6.45) is -0.661. The molecule has 5 nitrogen and oxygen atoms in total. The van der Waals surface area contributed by atoms with Gasteiger partial charge in [0.25, 0.3) is 11.8 Å². The molecule has 0 radical (unpaired) electrons. The molecule has 0 fully saturated rings. The summed E-state index contributed by atoms with van der Waals surface area (Å²) in [7, 11) is 0. The molecular formula is C22H19ClN2O3. The molecule has 2 amide bonds. The molecule has 0 saturated heterocycles. The van der Waals surface area contributed by atoms with Crippen molar-refractivity contribution >= 4 is 34.8 Å². The molecular weight excluding hydrogens is 376 g/mol. The molecule has 0 aliphatic rings. The number of hydrogen-bond donors (Lipinski definition) is 2. The second kappa shape index (κ2) is 9.06. The maximum Gasteiger partial charge on any atom is 0.265 e. The summed E-state index contributed by atoms with van der Waals surface area (Å²) in [4.78, 5) is 24.6. The van der Waals surface area contributed by atoms with E-state index in [0.29, 0.717) is 27.7 Å². The van der Waals surface area contributed by atoms with E-state index >= 15 is 0 Å². The zero-order valence-electron chi connectivity index (χ0n) is 15.2. The zero-order chi connectivity index (χ0) is 19.9. The van der Waals surface area contributed by atoms with Crippen molar-refractivity contribution in [1.29, 1.82) is 0 Å². The van der Waals surface area contributed by atoms with Gasteiger partial charge in [0.05, 0.1) is 10.7 Å². The first-order chi connectivity index (χ1) is 13.5. The fraction of sp³-hybridized carbons (Fsp3) is 0.0909. The van der Waals surface area contributed by atoms with E-state index in [9.17, 15) is 9.59 Å². The Morgan fingerprint density at radius 3 is 2.18 bits per heavy atom. The van der Waals surface area contributed by atoms with Crippen LogP contribution in [0.3, 0.4) is 0 Å². The van der Waals surface area contributed by atoms with E-state index in [4.69, 9.17) is 16.3 Å². The van der Waals surface area contributed by atoms with Gasteiger partial charge in [-0.3, -0.25) is 9.59 Å². The van der Waals surface area contributed by atoms with Crippen molar-refractivity contribution in [3.05, 3.63) is 89.4 Å². The summed E-state index contributed by atoms with van der Waals surface area (Å²) in [6.45, 7) is 1.67. The van der Waals surface area contributed by atoms with Crippen LogP contribution < -0.4 is 15.4 Å². The molecule has 2 N–H and O–H groups in total. The molecule has 0 spiro atoms. The second-order valence-electron chi connectivity index (χ2n) is 6.07. The van der Waals surface area contributed by atoms with Crippen LogP contribution in [0.2, 0.25) is 5.02 Å². The summed E-state index contributed by atoms with van der Waals surface area (Å²) >= 11 is 6.05. The van der Waals surface area contributed by atoms with Gasteiger partial charge in [-0.15, -0.1) is 0 Å². The molecule has 0 bridgehead atoms. The van der Waals surface area contributed by atoms with E-state index in [1.807, 2.05) is 18.2 Å². The van der Waals surface area contributed by atoms with Crippen molar-refractivity contribution in [2.24, 2.45) is 0 Å². The topological polar surface area (TPSA) is 67.4 Å². The molecule has 0 heterocycles. The molecule has 3 rings (SSSR count). The number of benzene rings is 3. The summed E-state index contributed by atoms with van der Waals surface area (Å²) in [5.41, 5.74) is 1.56. The Balaban J connectivity index is 1.58. The highest BCUT2D eigenvalue weighted by atomic mass is 35.5. The predicted molar refractivity (Wildman–Crippen MR) is 111 cm³/mol. The van der Waals surface area contributed by atoms with Crippen LogP contribution in [0.5, 0.6) is 5.75 Å². The van der Waals surface area contributed by atoms with Crippen molar-refractivity contribution in [2.75, 3.05) is 10.6 Å². The van der Waals surface area contributed by atoms with Crippen LogP contribution in [0, 0.1) is 0 Å². The van der Waals surface area contributed by atoms with E-state index in [1.54, 1.807) is 67.6 Å². The van der Waals surface area contributed by atoms with E-state index in [-0.39, 0.29) is 11.8 Å². The molecule has 0 aliphatic heterocycles. The molecule has 3 aromatic rings. The number of hydrogen-bond acceptors (Lipinski definition) is 3.